The van der Waals surface area contributed by atoms with Gasteiger partial charge in [-0.2, -0.15) is 0 Å². The molecule has 15 nitrogen and oxygen atoms in total. The van der Waals surface area contributed by atoms with Crippen molar-refractivity contribution in [1.82, 2.24) is 19.5 Å². The van der Waals surface area contributed by atoms with Crippen LogP contribution >= 0.6 is 0 Å². The molecule has 8 aromatic carbocycles. The molecule has 2 heterocycles. The van der Waals surface area contributed by atoms with Crippen LogP contribution in [0.1, 0.15) is 0 Å². The molecule has 15 heteroatoms. The quantitative estimate of drug-likeness (QED) is 0.0503. The van der Waals surface area contributed by atoms with E-state index in [2.05, 4.69) is 0 Å². The summed E-state index contributed by atoms with van der Waals surface area (Å²) in [6.45, 7) is 0. The van der Waals surface area contributed by atoms with Gasteiger partial charge >= 0.3 is 0 Å². The second kappa shape index (κ2) is 15.9. The highest BCUT2D eigenvalue weighted by molar-refractivity contribution is 6.17. The summed E-state index contributed by atoms with van der Waals surface area (Å²) >= 11 is 0. The first kappa shape index (κ1) is 41.4. The zero-order valence-corrected chi connectivity index (χ0v) is 34.9. The molecular formula is C52H36N4O11. The normalized spacial score (nSPS) is 11.4. The van der Waals surface area contributed by atoms with E-state index in [4.69, 9.17) is 19.7 Å². The molecule has 0 spiro atoms. The summed E-state index contributed by atoms with van der Waals surface area (Å²) in [7, 11) is 1.51. The standard InChI is InChI=1S/C52H36N4O11/c1-67-35-22-12-21-34(37(35)29-18-8-9-19-30(29)52-54-50(25-13-4-2-5-14-25)53-51(55-52)26-15-6-3-7-16-26)56-33-20-11-10-17-28(33)31-23-27(36-40(57)44(61)48(65)45(62)41(36)58)24-32(39(31)56)38-42(59)46(63)49(66)47(64)43(38)60/h2-24,57-66H,1H3. The molecule has 330 valence electrons. The molecule has 10 N–H and O–H groups in total. The SMILES string of the molecule is COc1cccc(-n2c3ccccc3c3cc(-c4c(O)c(O)c(O)c(O)c4O)cc(-c4c(O)c(O)c(O)c(O)c4O)c32)c1-c1ccccc1-c1nc(-c2ccccc2)nc(-c2ccccc2)n1. The van der Waals surface area contributed by atoms with Crippen LogP contribution in [0.3, 0.4) is 0 Å². The molecule has 0 radical (unpaired) electrons. The maximum absolute atomic E-state index is 11.6. The van der Waals surface area contributed by atoms with Crippen molar-refractivity contribution in [2.75, 3.05) is 7.11 Å². The zero-order valence-electron chi connectivity index (χ0n) is 34.9. The number of phenolic OH excluding ortho intramolecular Hbond substituents is 10. The second-order valence-corrected chi connectivity index (χ2v) is 15.4. The topological polar surface area (TPSA) is 255 Å². The van der Waals surface area contributed by atoms with Gasteiger partial charge in [-0.05, 0) is 41.5 Å². The number of para-hydroxylation sites is 1. The lowest BCUT2D eigenvalue weighted by atomic mass is 9.92. The summed E-state index contributed by atoms with van der Waals surface area (Å²) in [6.07, 6.45) is 0. The molecule has 0 saturated heterocycles. The maximum Gasteiger partial charge on any atom is 0.208 e. The average Bonchev–Trinajstić information content (AvgIpc) is 3.70. The molecule has 0 atom stereocenters. The largest absolute Gasteiger partial charge is 0.504 e. The number of hydrogen-bond acceptors (Lipinski definition) is 14. The van der Waals surface area contributed by atoms with E-state index < -0.39 is 68.6 Å². The number of hydrogen-bond donors (Lipinski definition) is 10. The van der Waals surface area contributed by atoms with Gasteiger partial charge in [-0.1, -0.05) is 109 Å². The molecule has 2 aromatic heterocycles. The highest BCUT2D eigenvalue weighted by Crippen LogP contribution is 2.59. The van der Waals surface area contributed by atoms with Gasteiger partial charge in [0.05, 0.1) is 35.0 Å². The van der Waals surface area contributed by atoms with Crippen LogP contribution in [0.2, 0.25) is 0 Å². The predicted octanol–water partition coefficient (Wildman–Crippen LogP) is 10.0. The number of phenols is 10. The zero-order chi connectivity index (χ0) is 46.8. The number of benzene rings is 8. The molecular weight excluding hydrogens is 857 g/mol. The highest BCUT2D eigenvalue weighted by atomic mass is 16.5. The van der Waals surface area contributed by atoms with Gasteiger partial charge in [0, 0.05) is 38.6 Å². The molecule has 0 fully saturated rings. The number of rotatable bonds is 8. The number of aromatic nitrogens is 4. The third-order valence-electron chi connectivity index (χ3n) is 11.7. The molecule has 0 saturated carbocycles. The van der Waals surface area contributed by atoms with Crippen molar-refractivity contribution in [3.63, 3.8) is 0 Å². The van der Waals surface area contributed by atoms with Gasteiger partial charge in [-0.25, -0.2) is 15.0 Å². The first-order valence-electron chi connectivity index (χ1n) is 20.5. The minimum absolute atomic E-state index is 0.147. The van der Waals surface area contributed by atoms with Crippen molar-refractivity contribution < 1.29 is 55.8 Å². The summed E-state index contributed by atoms with van der Waals surface area (Å²) < 4.78 is 7.89. The number of ether oxygens (including phenoxy) is 1. The summed E-state index contributed by atoms with van der Waals surface area (Å²) in [6, 6.07) is 41.5. The molecule has 0 aliphatic carbocycles. The van der Waals surface area contributed by atoms with Crippen LogP contribution < -0.4 is 4.74 Å². The van der Waals surface area contributed by atoms with Crippen LogP contribution in [-0.4, -0.2) is 77.7 Å². The average molecular weight is 893 g/mol. The van der Waals surface area contributed by atoms with Gasteiger partial charge in [0.15, 0.2) is 40.5 Å². The van der Waals surface area contributed by atoms with Crippen molar-refractivity contribution in [3.05, 3.63) is 140 Å². The van der Waals surface area contributed by atoms with E-state index in [1.165, 1.54) is 19.2 Å². The Morgan fingerprint density at radius 3 is 1.42 bits per heavy atom. The minimum Gasteiger partial charge on any atom is -0.504 e. The second-order valence-electron chi connectivity index (χ2n) is 15.4. The number of methoxy groups -OCH3 is 1. The summed E-state index contributed by atoms with van der Waals surface area (Å²) in [5, 5.41) is 110. The van der Waals surface area contributed by atoms with Crippen LogP contribution in [0.25, 0.3) is 95.0 Å². The van der Waals surface area contributed by atoms with Gasteiger partial charge in [-0.3, -0.25) is 0 Å². The fourth-order valence-corrected chi connectivity index (χ4v) is 8.55. The highest BCUT2D eigenvalue weighted by Gasteiger charge is 2.32. The minimum atomic E-state index is -1.22. The molecule has 0 amide bonds. The Balaban J connectivity index is 1.33. The number of fused-ring (bicyclic) bond motifs is 3. The summed E-state index contributed by atoms with van der Waals surface area (Å²) in [4.78, 5) is 14.9. The first-order valence-corrected chi connectivity index (χ1v) is 20.5. The first-order chi connectivity index (χ1) is 32.4. The van der Waals surface area contributed by atoms with Gasteiger partial charge in [0.25, 0.3) is 0 Å². The third kappa shape index (κ3) is 6.48. The Labute approximate surface area is 379 Å². The van der Waals surface area contributed by atoms with Gasteiger partial charge < -0.3 is 60.4 Å². The Hall–Kier alpha value is -9.63. The van der Waals surface area contributed by atoms with Crippen molar-refractivity contribution in [2.24, 2.45) is 0 Å². The predicted molar refractivity (Wildman–Crippen MR) is 250 cm³/mol. The lowest BCUT2D eigenvalue weighted by Crippen LogP contribution is -2.04. The molecule has 0 bridgehead atoms. The maximum atomic E-state index is 11.6. The van der Waals surface area contributed by atoms with Crippen LogP contribution in [0.15, 0.2) is 140 Å². The fourth-order valence-electron chi connectivity index (χ4n) is 8.55. The Morgan fingerprint density at radius 1 is 0.373 bits per heavy atom. The van der Waals surface area contributed by atoms with Crippen LogP contribution in [0.4, 0.5) is 0 Å². The van der Waals surface area contributed by atoms with E-state index >= 15 is 0 Å². The van der Waals surface area contributed by atoms with Gasteiger partial charge in [0.1, 0.15) is 5.75 Å². The lowest BCUT2D eigenvalue weighted by molar-refractivity contribution is 0.330. The number of aromatic hydroxyl groups is 10. The van der Waals surface area contributed by atoms with E-state index in [0.717, 1.165) is 11.1 Å². The molecule has 0 unspecified atom stereocenters. The Morgan fingerprint density at radius 2 is 0.851 bits per heavy atom. The summed E-state index contributed by atoms with van der Waals surface area (Å²) in [5.74, 6) is -9.75. The van der Waals surface area contributed by atoms with E-state index in [1.54, 1.807) is 47.0 Å². The summed E-state index contributed by atoms with van der Waals surface area (Å²) in [5.41, 5.74) is 2.85. The van der Waals surface area contributed by atoms with Crippen molar-refractivity contribution >= 4 is 21.8 Å². The molecule has 10 rings (SSSR count). The van der Waals surface area contributed by atoms with Crippen LogP contribution in [0.5, 0.6) is 63.2 Å². The van der Waals surface area contributed by atoms with E-state index in [1.807, 2.05) is 84.9 Å². The smallest absolute Gasteiger partial charge is 0.208 e. The third-order valence-corrected chi connectivity index (χ3v) is 11.7. The molecule has 10 aromatic rings. The van der Waals surface area contributed by atoms with Crippen molar-refractivity contribution in [3.8, 4) is 136 Å². The van der Waals surface area contributed by atoms with E-state index in [9.17, 15) is 51.1 Å². The fraction of sp³-hybridized carbons (Fsp3) is 0.0192. The number of nitrogens with zero attached hydrogens (tertiary/aromatic N) is 4. The Bertz CT molecular complexity index is 3520. The Kier molecular flexibility index (Phi) is 9.80. The molecule has 0 aliphatic rings. The van der Waals surface area contributed by atoms with Gasteiger partial charge in [0.2, 0.25) is 34.5 Å². The van der Waals surface area contributed by atoms with E-state index in [-0.39, 0.29) is 16.6 Å². The van der Waals surface area contributed by atoms with Crippen molar-refractivity contribution in [1.29, 1.82) is 0 Å². The molecule has 0 aliphatic heterocycles. The van der Waals surface area contributed by atoms with Gasteiger partial charge in [-0.15, -0.1) is 0 Å². The monoisotopic (exact) mass is 892 g/mol. The van der Waals surface area contributed by atoms with Crippen LogP contribution in [-0.2, 0) is 0 Å². The lowest BCUT2D eigenvalue weighted by Gasteiger charge is -2.21. The van der Waals surface area contributed by atoms with Crippen LogP contribution in [0, 0.1) is 0 Å². The molecule has 67 heavy (non-hydrogen) atoms. The van der Waals surface area contributed by atoms with Crippen molar-refractivity contribution in [2.45, 2.75) is 0 Å². The van der Waals surface area contributed by atoms with E-state index in [0.29, 0.717) is 61.9 Å².